The molecule has 0 unspecified atom stereocenters. The van der Waals surface area contributed by atoms with Crippen molar-refractivity contribution in [1.29, 1.82) is 0 Å². The van der Waals surface area contributed by atoms with Gasteiger partial charge < -0.3 is 4.90 Å². The summed E-state index contributed by atoms with van der Waals surface area (Å²) in [5, 5.41) is 0. The minimum Gasteiger partial charge on any atom is -0.315 e. The summed E-state index contributed by atoms with van der Waals surface area (Å²) in [6.45, 7) is 3.74. The summed E-state index contributed by atoms with van der Waals surface area (Å²) in [5.74, 6) is -1.53. The first-order valence-electron chi connectivity index (χ1n) is 9.33. The molecule has 2 aromatic carbocycles. The molecule has 2 aromatic rings. The van der Waals surface area contributed by atoms with Crippen molar-refractivity contribution in [3.8, 4) is 0 Å². The lowest BCUT2D eigenvalue weighted by atomic mass is 10.1. The number of halogens is 1. The second-order valence-electron chi connectivity index (χ2n) is 7.35. The molecule has 1 N–H and O–H groups in total. The van der Waals surface area contributed by atoms with Crippen LogP contribution < -0.4 is 9.80 Å². The second-order valence-corrected chi connectivity index (χ2v) is 9.29. The van der Waals surface area contributed by atoms with E-state index in [1.807, 2.05) is 13.0 Å². The summed E-state index contributed by atoms with van der Waals surface area (Å²) >= 11 is 0. The van der Waals surface area contributed by atoms with E-state index in [1.54, 1.807) is 12.1 Å². The summed E-state index contributed by atoms with van der Waals surface area (Å²) in [5.41, 5.74) is 1.95. The van der Waals surface area contributed by atoms with Crippen LogP contribution >= 0.6 is 0 Å². The number of ketones is 1. The number of hydrogen-bond donors (Lipinski definition) is 1. The Morgan fingerprint density at radius 2 is 1.69 bits per heavy atom. The van der Waals surface area contributed by atoms with Gasteiger partial charge in [0.05, 0.1) is 42.3 Å². The van der Waals surface area contributed by atoms with E-state index in [-0.39, 0.29) is 18.0 Å². The molecule has 2 aliphatic rings. The van der Waals surface area contributed by atoms with Gasteiger partial charge in [-0.2, -0.15) is 4.31 Å². The van der Waals surface area contributed by atoms with E-state index in [9.17, 15) is 22.4 Å². The largest absolute Gasteiger partial charge is 0.315 e. The number of carbonyl (C=O) groups excluding carboxylic acids is 2. The summed E-state index contributed by atoms with van der Waals surface area (Å²) < 4.78 is 39.9. The van der Waals surface area contributed by atoms with Gasteiger partial charge in [-0.15, -0.1) is 0 Å². The van der Waals surface area contributed by atoms with Crippen LogP contribution in [0.1, 0.15) is 15.9 Å². The zero-order chi connectivity index (χ0) is 20.8. The van der Waals surface area contributed by atoms with Crippen LogP contribution in [0.15, 0.2) is 47.4 Å². The van der Waals surface area contributed by atoms with Gasteiger partial charge in [0.25, 0.3) is 5.78 Å². The number of aryl methyl sites for hydroxylation is 1. The lowest BCUT2D eigenvalue weighted by Crippen LogP contribution is -3.16. The molecular formula is C20H21FN3O4S+. The standard InChI is InChI=1S/C20H20FN3O4S/c1-14-2-7-18-17(12-14)19(25)20(26)24(18)13-22-8-10-23(11-9-22)29(27,28)16-5-3-15(21)4-6-16/h2-7,12H,8-11,13H2,1H3/p+1. The fraction of sp³-hybridized carbons (Fsp3) is 0.300. The van der Waals surface area contributed by atoms with E-state index in [1.165, 1.54) is 21.3 Å². The number of piperazine rings is 1. The zero-order valence-corrected chi connectivity index (χ0v) is 16.7. The van der Waals surface area contributed by atoms with Crippen LogP contribution in [-0.2, 0) is 14.8 Å². The Kier molecular flexibility index (Phi) is 4.97. The molecule has 1 saturated heterocycles. The van der Waals surface area contributed by atoms with E-state index < -0.39 is 27.5 Å². The second kappa shape index (κ2) is 7.33. The molecule has 0 aromatic heterocycles. The first-order valence-corrected chi connectivity index (χ1v) is 10.8. The molecule has 0 atom stereocenters. The lowest BCUT2D eigenvalue weighted by Gasteiger charge is -2.33. The molecule has 4 rings (SSSR count). The Bertz CT molecular complexity index is 1080. The summed E-state index contributed by atoms with van der Waals surface area (Å²) in [4.78, 5) is 27.2. The zero-order valence-electron chi connectivity index (χ0n) is 15.9. The molecule has 152 valence electrons. The molecule has 0 spiro atoms. The minimum absolute atomic E-state index is 0.0620. The maximum atomic E-state index is 13.1. The summed E-state index contributed by atoms with van der Waals surface area (Å²) in [7, 11) is -3.68. The molecule has 0 radical (unpaired) electrons. The highest BCUT2D eigenvalue weighted by atomic mass is 32.2. The van der Waals surface area contributed by atoms with Gasteiger partial charge in [0.2, 0.25) is 10.0 Å². The van der Waals surface area contributed by atoms with Crippen molar-refractivity contribution < 1.29 is 27.3 Å². The van der Waals surface area contributed by atoms with Gasteiger partial charge in [0.15, 0.2) is 6.67 Å². The third-order valence-corrected chi connectivity index (χ3v) is 7.30. The minimum atomic E-state index is -3.68. The summed E-state index contributed by atoms with van der Waals surface area (Å²) in [6.07, 6.45) is 0. The quantitative estimate of drug-likeness (QED) is 0.720. The van der Waals surface area contributed by atoms with Crippen LogP contribution in [-0.4, -0.2) is 57.3 Å². The normalized spacial score (nSPS) is 18.3. The van der Waals surface area contributed by atoms with E-state index >= 15 is 0 Å². The third-order valence-electron chi connectivity index (χ3n) is 5.39. The molecule has 29 heavy (non-hydrogen) atoms. The van der Waals surface area contributed by atoms with Crippen LogP contribution in [0.5, 0.6) is 0 Å². The fourth-order valence-corrected chi connectivity index (χ4v) is 5.19. The molecule has 1 amide bonds. The highest BCUT2D eigenvalue weighted by Crippen LogP contribution is 2.28. The molecule has 1 fully saturated rings. The van der Waals surface area contributed by atoms with Crippen molar-refractivity contribution in [3.63, 3.8) is 0 Å². The van der Waals surface area contributed by atoms with E-state index in [4.69, 9.17) is 0 Å². The maximum absolute atomic E-state index is 13.1. The number of benzene rings is 2. The Balaban J connectivity index is 1.44. The molecule has 7 nitrogen and oxygen atoms in total. The van der Waals surface area contributed by atoms with Gasteiger partial charge in [-0.1, -0.05) is 11.6 Å². The number of amides is 1. The number of carbonyl (C=O) groups is 2. The van der Waals surface area contributed by atoms with E-state index in [0.717, 1.165) is 22.6 Å². The van der Waals surface area contributed by atoms with E-state index in [2.05, 4.69) is 0 Å². The van der Waals surface area contributed by atoms with Crippen LogP contribution in [0.25, 0.3) is 0 Å². The van der Waals surface area contributed by atoms with Crippen LogP contribution in [0, 0.1) is 12.7 Å². The van der Waals surface area contributed by atoms with Gasteiger partial charge in [0, 0.05) is 0 Å². The Morgan fingerprint density at radius 1 is 1.03 bits per heavy atom. The Hall–Kier alpha value is -2.62. The average molecular weight is 418 g/mol. The molecule has 0 aliphatic carbocycles. The Morgan fingerprint density at radius 3 is 2.34 bits per heavy atom. The molecular weight excluding hydrogens is 397 g/mol. The number of fused-ring (bicyclic) bond motifs is 1. The number of sulfonamides is 1. The number of nitrogens with one attached hydrogen (secondary N) is 1. The number of quaternary nitrogens is 1. The summed E-state index contributed by atoms with van der Waals surface area (Å²) in [6, 6.07) is 10.1. The SMILES string of the molecule is Cc1ccc2c(c1)C(=O)C(=O)N2C[NH+]1CCN(S(=O)(=O)c2ccc(F)cc2)CC1. The van der Waals surface area contributed by atoms with Crippen molar-refractivity contribution in [2.45, 2.75) is 11.8 Å². The monoisotopic (exact) mass is 418 g/mol. The number of anilines is 1. The molecule has 2 heterocycles. The first kappa shape index (κ1) is 19.7. The lowest BCUT2D eigenvalue weighted by molar-refractivity contribution is -0.902. The first-order chi connectivity index (χ1) is 13.8. The van der Waals surface area contributed by atoms with Crippen molar-refractivity contribution in [2.24, 2.45) is 0 Å². The van der Waals surface area contributed by atoms with Crippen molar-refractivity contribution >= 4 is 27.4 Å². The van der Waals surface area contributed by atoms with Gasteiger partial charge in [-0.25, -0.2) is 12.8 Å². The fourth-order valence-electron chi connectivity index (χ4n) is 3.75. The number of nitrogens with zero attached hydrogens (tertiary/aromatic N) is 2. The van der Waals surface area contributed by atoms with Crippen molar-refractivity contribution in [2.75, 3.05) is 37.7 Å². The highest BCUT2D eigenvalue weighted by molar-refractivity contribution is 7.89. The van der Waals surface area contributed by atoms with Crippen LogP contribution in [0.4, 0.5) is 10.1 Å². The maximum Gasteiger partial charge on any atom is 0.303 e. The van der Waals surface area contributed by atoms with Crippen LogP contribution in [0.2, 0.25) is 0 Å². The number of rotatable bonds is 4. The topological polar surface area (TPSA) is 79.2 Å². The van der Waals surface area contributed by atoms with Gasteiger partial charge in [-0.05, 0) is 43.3 Å². The highest BCUT2D eigenvalue weighted by Gasteiger charge is 2.39. The third kappa shape index (κ3) is 3.57. The van der Waals surface area contributed by atoms with E-state index in [0.29, 0.717) is 31.0 Å². The Labute approximate surface area is 168 Å². The predicted molar refractivity (Wildman–Crippen MR) is 104 cm³/mol. The van der Waals surface area contributed by atoms with Crippen molar-refractivity contribution in [1.82, 2.24) is 4.31 Å². The molecule has 2 aliphatic heterocycles. The van der Waals surface area contributed by atoms with Gasteiger partial charge in [0.1, 0.15) is 5.82 Å². The smallest absolute Gasteiger partial charge is 0.303 e. The van der Waals surface area contributed by atoms with Crippen LogP contribution in [0.3, 0.4) is 0 Å². The van der Waals surface area contributed by atoms with Gasteiger partial charge >= 0.3 is 5.91 Å². The van der Waals surface area contributed by atoms with Gasteiger partial charge in [-0.3, -0.25) is 14.5 Å². The average Bonchev–Trinajstić information content (AvgIpc) is 2.93. The predicted octanol–water partition coefficient (Wildman–Crippen LogP) is 0.210. The molecule has 0 saturated carbocycles. The molecule has 0 bridgehead atoms. The number of Topliss-reactive ketones (excluding diaryl/α,β-unsaturated/α-hetero) is 1. The number of hydrogen-bond acceptors (Lipinski definition) is 4. The van der Waals surface area contributed by atoms with Crippen molar-refractivity contribution in [3.05, 3.63) is 59.4 Å². The molecule has 9 heteroatoms.